The topological polar surface area (TPSA) is 6.48 Å². The van der Waals surface area contributed by atoms with Crippen LogP contribution in [0.25, 0.3) is 50.1 Å². The average molecular weight is 889 g/mol. The summed E-state index contributed by atoms with van der Waals surface area (Å²) in [5, 5.41) is 0. The summed E-state index contributed by atoms with van der Waals surface area (Å²) in [5.41, 5.74) is 21.7. The summed E-state index contributed by atoms with van der Waals surface area (Å²) in [4.78, 5) is 4.78. The zero-order valence-electron chi connectivity index (χ0n) is 39.3. The molecule has 2 heteroatoms. The Hall–Kier alpha value is -8.20. The largest absolute Gasteiger partial charge is 0.311 e. The molecule has 0 saturated carbocycles. The first-order valence-electron chi connectivity index (χ1n) is 24.6. The molecule has 0 saturated heterocycles. The van der Waals surface area contributed by atoms with E-state index >= 15 is 0 Å². The van der Waals surface area contributed by atoms with Gasteiger partial charge in [0.15, 0.2) is 0 Å². The molecule has 1 atom stereocenters. The van der Waals surface area contributed by atoms with Gasteiger partial charge in [-0.05, 0) is 178 Å². The predicted molar refractivity (Wildman–Crippen MR) is 296 cm³/mol. The maximum absolute atomic E-state index is 2.39. The average Bonchev–Trinajstić information content (AvgIpc) is 3.43. The van der Waals surface area contributed by atoms with Gasteiger partial charge in [0.1, 0.15) is 0 Å². The smallest absolute Gasteiger partial charge is 0.0468 e. The molecule has 3 aliphatic rings. The van der Waals surface area contributed by atoms with Crippen LogP contribution >= 0.6 is 0 Å². The Kier molecular flexibility index (Phi) is 12.5. The Labute approximate surface area is 408 Å². The van der Waals surface area contributed by atoms with E-state index < -0.39 is 0 Å². The number of hydrogen-bond donors (Lipinski definition) is 0. The van der Waals surface area contributed by atoms with Crippen LogP contribution in [0.5, 0.6) is 0 Å². The molecule has 11 rings (SSSR count). The Bertz CT molecular complexity index is 3240. The maximum Gasteiger partial charge on any atom is 0.0468 e. The molecule has 0 aromatic heterocycles. The molecule has 3 aliphatic carbocycles. The highest BCUT2D eigenvalue weighted by molar-refractivity contribution is 5.90. The minimum atomic E-state index is 0.583. The van der Waals surface area contributed by atoms with Crippen molar-refractivity contribution in [2.24, 2.45) is 5.92 Å². The van der Waals surface area contributed by atoms with Gasteiger partial charge in [0.2, 0.25) is 0 Å². The van der Waals surface area contributed by atoms with Crippen LogP contribution in [0.3, 0.4) is 0 Å². The van der Waals surface area contributed by atoms with Crippen molar-refractivity contribution in [3.05, 3.63) is 272 Å². The van der Waals surface area contributed by atoms with Gasteiger partial charge in [-0.25, -0.2) is 0 Å². The van der Waals surface area contributed by atoms with Crippen LogP contribution in [0.1, 0.15) is 55.7 Å². The zero-order valence-corrected chi connectivity index (χ0v) is 39.3. The normalized spacial score (nSPS) is 15.3. The van der Waals surface area contributed by atoms with E-state index in [0.717, 1.165) is 71.8 Å². The van der Waals surface area contributed by atoms with Gasteiger partial charge in [-0.2, -0.15) is 0 Å². The van der Waals surface area contributed by atoms with Gasteiger partial charge < -0.3 is 9.80 Å². The van der Waals surface area contributed by atoms with Crippen LogP contribution in [0, 0.1) is 5.92 Å². The van der Waals surface area contributed by atoms with Crippen LogP contribution in [0.2, 0.25) is 0 Å². The molecule has 69 heavy (non-hydrogen) atoms. The summed E-state index contributed by atoms with van der Waals surface area (Å²) in [7, 11) is 0. The van der Waals surface area contributed by atoms with Gasteiger partial charge in [-0.15, -0.1) is 0 Å². The monoisotopic (exact) mass is 888 g/mol. The highest BCUT2D eigenvalue weighted by Gasteiger charge is 2.19. The maximum atomic E-state index is 2.39. The lowest BCUT2D eigenvalue weighted by atomic mass is 9.93. The molecule has 2 nitrogen and oxygen atoms in total. The summed E-state index contributed by atoms with van der Waals surface area (Å²) >= 11 is 0. The summed E-state index contributed by atoms with van der Waals surface area (Å²) in [6.45, 7) is 2.27. The van der Waals surface area contributed by atoms with Crippen molar-refractivity contribution in [2.45, 2.75) is 39.0 Å². The quantitative estimate of drug-likeness (QED) is 0.121. The number of benzene rings is 8. The highest BCUT2D eigenvalue weighted by atomic mass is 15.1. The summed E-state index contributed by atoms with van der Waals surface area (Å²) in [5.74, 6) is 0.583. The second-order valence-electron chi connectivity index (χ2n) is 18.4. The van der Waals surface area contributed by atoms with Gasteiger partial charge in [0.05, 0.1) is 0 Å². The Morgan fingerprint density at radius 2 is 0.783 bits per heavy atom. The van der Waals surface area contributed by atoms with E-state index in [0.29, 0.717) is 5.92 Å². The molecule has 0 amide bonds. The van der Waals surface area contributed by atoms with Crippen LogP contribution in [-0.4, -0.2) is 0 Å². The fraction of sp³-hybridized carbons (Fsp3) is 0.104. The first-order valence-corrected chi connectivity index (χ1v) is 24.6. The van der Waals surface area contributed by atoms with Crippen LogP contribution < -0.4 is 9.80 Å². The van der Waals surface area contributed by atoms with Crippen molar-refractivity contribution in [3.63, 3.8) is 0 Å². The summed E-state index contributed by atoms with van der Waals surface area (Å²) < 4.78 is 0. The molecular formula is C67H56N2. The summed E-state index contributed by atoms with van der Waals surface area (Å²) in [6.07, 6.45) is 25.7. The second-order valence-corrected chi connectivity index (χ2v) is 18.4. The van der Waals surface area contributed by atoms with Gasteiger partial charge >= 0.3 is 0 Å². The number of anilines is 6. The van der Waals surface area contributed by atoms with Crippen molar-refractivity contribution >= 4 is 50.8 Å². The van der Waals surface area contributed by atoms with Crippen molar-refractivity contribution < 1.29 is 0 Å². The van der Waals surface area contributed by atoms with Crippen LogP contribution in [-0.2, 0) is 0 Å². The van der Waals surface area contributed by atoms with Gasteiger partial charge in [0.25, 0.3) is 0 Å². The predicted octanol–water partition coefficient (Wildman–Crippen LogP) is 19.1. The van der Waals surface area contributed by atoms with Crippen molar-refractivity contribution in [2.75, 3.05) is 9.80 Å². The number of allylic oxidation sites excluding steroid dienone is 12. The van der Waals surface area contributed by atoms with Crippen molar-refractivity contribution in [1.82, 2.24) is 0 Å². The standard InChI is InChI=1S/C67H56N2/c1-49-22-24-53(25-23-49)57-32-38-61(39-33-57)68(60-36-26-54(27-37-60)50-14-6-2-7-15-50)62-44-34-59(35-45-62)66-47-46-65(48-67(66)58-20-12-5-13-21-58)69(63-40-28-55(29-41-63)51-16-8-3-9-17-51)64-42-30-56(31-43-64)52-18-10-4-11-19-52/h2-6,8-10,12-14,16-18,20-22,24-49H,7,11,15,19,23H2,1H3. The van der Waals surface area contributed by atoms with E-state index in [9.17, 15) is 0 Å². The fourth-order valence-electron chi connectivity index (χ4n) is 9.98. The van der Waals surface area contributed by atoms with Gasteiger partial charge in [0, 0.05) is 34.1 Å². The van der Waals surface area contributed by atoms with Gasteiger partial charge in [-0.3, -0.25) is 0 Å². The molecule has 8 aromatic carbocycles. The van der Waals surface area contributed by atoms with E-state index in [4.69, 9.17) is 0 Å². The third-order valence-electron chi connectivity index (χ3n) is 13.8. The minimum absolute atomic E-state index is 0.583. The number of nitrogens with zero attached hydrogens (tertiary/aromatic N) is 2. The molecule has 0 aliphatic heterocycles. The second kappa shape index (κ2) is 20.0. The molecular weight excluding hydrogens is 833 g/mol. The molecule has 0 N–H and O–H groups in total. The molecule has 0 fully saturated rings. The van der Waals surface area contributed by atoms with Crippen LogP contribution in [0.4, 0.5) is 34.1 Å². The Balaban J connectivity index is 0.972. The summed E-state index contributed by atoms with van der Waals surface area (Å²) in [6, 6.07) is 73.8. The third kappa shape index (κ3) is 9.53. The van der Waals surface area contributed by atoms with Gasteiger partial charge in [-0.1, -0.05) is 189 Å². The molecule has 0 radical (unpaired) electrons. The minimum Gasteiger partial charge on any atom is -0.311 e. The lowest BCUT2D eigenvalue weighted by Gasteiger charge is -2.28. The number of rotatable bonds is 12. The van der Waals surface area contributed by atoms with Crippen molar-refractivity contribution in [1.29, 1.82) is 0 Å². The number of hydrogen-bond acceptors (Lipinski definition) is 2. The highest BCUT2D eigenvalue weighted by Crippen LogP contribution is 2.43. The molecule has 8 aromatic rings. The first kappa shape index (κ1) is 43.4. The van der Waals surface area contributed by atoms with Crippen molar-refractivity contribution in [3.8, 4) is 33.4 Å². The van der Waals surface area contributed by atoms with E-state index in [1.165, 1.54) is 61.2 Å². The Morgan fingerprint density at radius 1 is 0.377 bits per heavy atom. The molecule has 0 spiro atoms. The zero-order chi connectivity index (χ0) is 46.4. The molecule has 1 unspecified atom stereocenters. The van der Waals surface area contributed by atoms with E-state index in [-0.39, 0.29) is 0 Å². The van der Waals surface area contributed by atoms with E-state index in [2.05, 4.69) is 272 Å². The van der Waals surface area contributed by atoms with Crippen LogP contribution in [0.15, 0.2) is 255 Å². The first-order chi connectivity index (χ1) is 34.1. The molecule has 334 valence electrons. The van der Waals surface area contributed by atoms with E-state index in [1.807, 2.05) is 0 Å². The molecule has 0 heterocycles. The third-order valence-corrected chi connectivity index (χ3v) is 13.8. The van der Waals surface area contributed by atoms with E-state index in [1.54, 1.807) is 0 Å². The lowest BCUT2D eigenvalue weighted by molar-refractivity contribution is 0.739. The Morgan fingerprint density at radius 3 is 1.25 bits per heavy atom. The fourth-order valence-corrected chi connectivity index (χ4v) is 9.98. The molecule has 0 bridgehead atoms. The lowest BCUT2D eigenvalue weighted by Crippen LogP contribution is -2.10. The SMILES string of the molecule is CC1C=CC(c2ccc(N(c3ccc(C4=CC=CCC4)cc3)c3ccc(-c4ccc(N(c5ccc(C6=CC=CCC6)cc5)c5ccc(-c6ccccc6)cc5)cc4-c4ccccc4)cc3)cc2)=CC1.